The van der Waals surface area contributed by atoms with Gasteiger partial charge in [-0.05, 0) is 12.1 Å². The van der Waals surface area contributed by atoms with Gasteiger partial charge in [-0.15, -0.1) is 0 Å². The van der Waals surface area contributed by atoms with Gasteiger partial charge >= 0.3 is 0 Å². The summed E-state index contributed by atoms with van der Waals surface area (Å²) in [6, 6.07) is 5.22. The summed E-state index contributed by atoms with van der Waals surface area (Å²) in [6.45, 7) is -0.0333. The summed E-state index contributed by atoms with van der Waals surface area (Å²) in [5.41, 5.74) is 7.22. The van der Waals surface area contributed by atoms with Crippen molar-refractivity contribution in [3.63, 3.8) is 0 Å². The van der Waals surface area contributed by atoms with E-state index in [1.54, 1.807) is 18.2 Å². The Morgan fingerprint density at radius 2 is 2.43 bits per heavy atom. The highest BCUT2D eigenvalue weighted by molar-refractivity contribution is 5.93. The molecule has 5 nitrogen and oxygen atoms in total. The molecule has 0 aliphatic heterocycles. The largest absolute Gasteiger partial charge is 0.443 e. The Labute approximate surface area is 79.9 Å². The molecule has 0 aliphatic rings. The molecule has 0 unspecified atom stereocenters. The predicted molar refractivity (Wildman–Crippen MR) is 51.7 cm³/mol. The number of aromatic nitrogens is 1. The summed E-state index contributed by atoms with van der Waals surface area (Å²) in [6.07, 6.45) is 1.36. The van der Waals surface area contributed by atoms with Crippen molar-refractivity contribution in [3.05, 3.63) is 24.6 Å². The summed E-state index contributed by atoms with van der Waals surface area (Å²) in [5.74, 6) is -0.233. The highest BCUT2D eigenvalue weighted by atomic mass is 16.3. The fraction of sp³-hybridized carbons (Fsp3) is 0.111. The van der Waals surface area contributed by atoms with Gasteiger partial charge < -0.3 is 15.5 Å². The van der Waals surface area contributed by atoms with E-state index >= 15 is 0 Å². The number of anilines is 1. The summed E-state index contributed by atoms with van der Waals surface area (Å²) in [5, 5.41) is 2.62. The molecule has 0 saturated heterocycles. The first-order chi connectivity index (χ1) is 6.79. The molecule has 72 valence electrons. The number of hydrogen-bond acceptors (Lipinski definition) is 4. The molecule has 1 heterocycles. The van der Waals surface area contributed by atoms with Crippen LogP contribution < -0.4 is 11.1 Å². The normalized spacial score (nSPS) is 10.4. The summed E-state index contributed by atoms with van der Waals surface area (Å²) in [7, 11) is 0. The highest BCUT2D eigenvalue weighted by Crippen LogP contribution is 2.17. The second-order valence-electron chi connectivity index (χ2n) is 2.79. The molecular formula is C9H9N3O2. The lowest BCUT2D eigenvalue weighted by Gasteiger charge is -2.01. The number of hydrogen-bond donors (Lipinski definition) is 2. The number of benzene rings is 1. The maximum atomic E-state index is 11.0. The van der Waals surface area contributed by atoms with E-state index in [0.29, 0.717) is 11.3 Å². The van der Waals surface area contributed by atoms with Crippen LogP contribution in [0.2, 0.25) is 0 Å². The van der Waals surface area contributed by atoms with E-state index in [4.69, 9.17) is 10.2 Å². The molecule has 0 bridgehead atoms. The van der Waals surface area contributed by atoms with E-state index in [9.17, 15) is 4.79 Å². The zero-order valence-electron chi connectivity index (χ0n) is 7.36. The van der Waals surface area contributed by atoms with Gasteiger partial charge in [0.05, 0.1) is 6.54 Å². The fourth-order valence-corrected chi connectivity index (χ4v) is 1.14. The van der Waals surface area contributed by atoms with Crippen LogP contribution in [0.1, 0.15) is 0 Å². The number of nitrogens with zero attached hydrogens (tertiary/aromatic N) is 1. The minimum Gasteiger partial charge on any atom is -0.443 e. The first-order valence-corrected chi connectivity index (χ1v) is 4.13. The monoisotopic (exact) mass is 191 g/mol. The van der Waals surface area contributed by atoms with Crippen molar-refractivity contribution in [2.75, 3.05) is 11.9 Å². The summed E-state index contributed by atoms with van der Waals surface area (Å²) in [4.78, 5) is 14.9. The van der Waals surface area contributed by atoms with Gasteiger partial charge in [0.2, 0.25) is 5.91 Å². The number of carbonyl (C=O) groups excluding carboxylic acids is 1. The van der Waals surface area contributed by atoms with E-state index in [2.05, 4.69) is 10.3 Å². The van der Waals surface area contributed by atoms with Crippen molar-refractivity contribution in [1.82, 2.24) is 4.98 Å². The van der Waals surface area contributed by atoms with Crippen LogP contribution in [0.15, 0.2) is 29.0 Å². The lowest BCUT2D eigenvalue weighted by atomic mass is 10.3. The molecule has 2 aromatic rings. The van der Waals surface area contributed by atoms with Gasteiger partial charge in [-0.2, -0.15) is 0 Å². The fourth-order valence-electron chi connectivity index (χ4n) is 1.14. The van der Waals surface area contributed by atoms with Gasteiger partial charge in [0.25, 0.3) is 0 Å². The summed E-state index contributed by atoms with van der Waals surface area (Å²) < 4.78 is 5.08. The minimum absolute atomic E-state index is 0.0333. The topological polar surface area (TPSA) is 81.2 Å². The second-order valence-corrected chi connectivity index (χ2v) is 2.79. The average Bonchev–Trinajstić information content (AvgIpc) is 2.64. The van der Waals surface area contributed by atoms with Crippen LogP contribution in [-0.4, -0.2) is 17.4 Å². The van der Waals surface area contributed by atoms with E-state index in [1.807, 2.05) is 0 Å². The van der Waals surface area contributed by atoms with Crippen LogP contribution >= 0.6 is 0 Å². The summed E-state index contributed by atoms with van der Waals surface area (Å²) >= 11 is 0. The van der Waals surface area contributed by atoms with Gasteiger partial charge in [0.15, 0.2) is 12.0 Å². The molecular weight excluding hydrogens is 182 g/mol. The molecule has 0 saturated carbocycles. The molecule has 0 spiro atoms. The Morgan fingerprint density at radius 3 is 3.21 bits per heavy atom. The van der Waals surface area contributed by atoms with Crippen molar-refractivity contribution < 1.29 is 9.21 Å². The zero-order chi connectivity index (χ0) is 9.97. The predicted octanol–water partition coefficient (Wildman–Crippen LogP) is 0.725. The number of fused-ring (bicyclic) bond motifs is 1. The highest BCUT2D eigenvalue weighted by Gasteiger charge is 2.02. The molecule has 0 atom stereocenters. The Bertz CT molecular complexity index is 464. The number of oxazole rings is 1. The molecule has 14 heavy (non-hydrogen) atoms. The van der Waals surface area contributed by atoms with Crippen LogP contribution in [-0.2, 0) is 4.79 Å². The van der Waals surface area contributed by atoms with Gasteiger partial charge in [0.1, 0.15) is 5.52 Å². The third-order valence-corrected chi connectivity index (χ3v) is 1.80. The van der Waals surface area contributed by atoms with Gasteiger partial charge in [-0.1, -0.05) is 0 Å². The van der Waals surface area contributed by atoms with Gasteiger partial charge in [-0.3, -0.25) is 4.79 Å². The Balaban J connectivity index is 2.30. The Kier molecular flexibility index (Phi) is 2.16. The third-order valence-electron chi connectivity index (χ3n) is 1.80. The van der Waals surface area contributed by atoms with Gasteiger partial charge in [0, 0.05) is 11.8 Å². The smallest absolute Gasteiger partial charge is 0.238 e. The lowest BCUT2D eigenvalue weighted by Crippen LogP contribution is -2.21. The minimum atomic E-state index is -0.233. The molecule has 1 amide bonds. The Hall–Kier alpha value is -1.88. The van der Waals surface area contributed by atoms with Crippen molar-refractivity contribution >= 4 is 22.7 Å². The van der Waals surface area contributed by atoms with Crippen LogP contribution in [0.4, 0.5) is 5.69 Å². The molecule has 1 aromatic heterocycles. The number of amides is 1. The first kappa shape index (κ1) is 8.71. The molecule has 0 aliphatic carbocycles. The van der Waals surface area contributed by atoms with E-state index in [1.165, 1.54) is 6.39 Å². The van der Waals surface area contributed by atoms with E-state index < -0.39 is 0 Å². The zero-order valence-corrected chi connectivity index (χ0v) is 7.36. The lowest BCUT2D eigenvalue weighted by molar-refractivity contribution is -0.114. The van der Waals surface area contributed by atoms with Crippen LogP contribution in [0.5, 0.6) is 0 Å². The standard InChI is InChI=1S/C9H9N3O2/c10-4-9(13)12-6-1-2-7-8(3-6)14-5-11-7/h1-3,5H,4,10H2,(H,12,13). The van der Waals surface area contributed by atoms with Crippen molar-refractivity contribution in [1.29, 1.82) is 0 Å². The van der Waals surface area contributed by atoms with E-state index in [-0.39, 0.29) is 12.5 Å². The molecule has 0 fully saturated rings. The molecule has 0 radical (unpaired) electrons. The molecule has 1 aromatic carbocycles. The van der Waals surface area contributed by atoms with Crippen LogP contribution in [0, 0.1) is 0 Å². The number of nitrogens with one attached hydrogen (secondary N) is 1. The maximum Gasteiger partial charge on any atom is 0.238 e. The van der Waals surface area contributed by atoms with Crippen LogP contribution in [0.25, 0.3) is 11.1 Å². The van der Waals surface area contributed by atoms with Crippen molar-refractivity contribution in [3.8, 4) is 0 Å². The molecule has 3 N–H and O–H groups in total. The van der Waals surface area contributed by atoms with Crippen molar-refractivity contribution in [2.45, 2.75) is 0 Å². The average molecular weight is 191 g/mol. The molecule has 2 rings (SSSR count). The third kappa shape index (κ3) is 1.57. The quantitative estimate of drug-likeness (QED) is 0.733. The van der Waals surface area contributed by atoms with E-state index in [0.717, 1.165) is 5.52 Å². The number of rotatable bonds is 2. The number of carbonyl (C=O) groups is 1. The SMILES string of the molecule is NCC(=O)Nc1ccc2ncoc2c1. The molecule has 5 heteroatoms. The first-order valence-electron chi connectivity index (χ1n) is 4.13. The van der Waals surface area contributed by atoms with Crippen molar-refractivity contribution in [2.24, 2.45) is 5.73 Å². The Morgan fingerprint density at radius 1 is 1.57 bits per heavy atom. The maximum absolute atomic E-state index is 11.0. The second kappa shape index (κ2) is 3.47. The van der Waals surface area contributed by atoms with Gasteiger partial charge in [-0.25, -0.2) is 4.98 Å². The number of nitrogens with two attached hydrogens (primary N) is 1. The van der Waals surface area contributed by atoms with Crippen LogP contribution in [0.3, 0.4) is 0 Å².